The van der Waals surface area contributed by atoms with Gasteiger partial charge in [0.15, 0.2) is 12.4 Å². The average Bonchev–Trinajstić information content (AvgIpc) is 3.59. The Bertz CT molecular complexity index is 1410. The number of halogens is 2. The van der Waals surface area contributed by atoms with Gasteiger partial charge in [-0.1, -0.05) is 62.2 Å². The van der Waals surface area contributed by atoms with Crippen molar-refractivity contribution in [2.45, 2.75) is 35.0 Å². The summed E-state index contributed by atoms with van der Waals surface area (Å²) in [5.74, 6) is -3.61. The van der Waals surface area contributed by atoms with Crippen LogP contribution < -0.4 is 4.74 Å². The number of alkyl halides is 2. The molecule has 1 aliphatic heterocycles. The van der Waals surface area contributed by atoms with Crippen LogP contribution in [0.4, 0.5) is 0 Å². The lowest BCUT2D eigenvalue weighted by Gasteiger charge is -2.29. The summed E-state index contributed by atoms with van der Waals surface area (Å²) in [6, 6.07) is 16.6. The van der Waals surface area contributed by atoms with E-state index in [4.69, 9.17) is 13.9 Å². The number of Topliss-reactive ketones (excluding diaryl/α,β-unsaturated/α-hetero) is 1. The molecule has 2 heterocycles. The number of esters is 2. The zero-order valence-corrected chi connectivity index (χ0v) is 24.8. The molecule has 0 spiro atoms. The van der Waals surface area contributed by atoms with Gasteiger partial charge in [-0.15, -0.1) is 0 Å². The summed E-state index contributed by atoms with van der Waals surface area (Å²) in [5, 5.41) is 0. The number of rotatable bonds is 9. The van der Waals surface area contributed by atoms with Crippen molar-refractivity contribution in [1.29, 1.82) is 0 Å². The van der Waals surface area contributed by atoms with E-state index in [2.05, 4.69) is 31.9 Å². The normalized spacial score (nSPS) is 22.6. The Kier molecular flexibility index (Phi) is 8.84. The van der Waals surface area contributed by atoms with E-state index < -0.39 is 54.0 Å². The van der Waals surface area contributed by atoms with Crippen LogP contribution in [0.3, 0.4) is 0 Å². The first-order valence-electron chi connectivity index (χ1n) is 13.0. The van der Waals surface area contributed by atoms with Crippen molar-refractivity contribution >= 4 is 61.4 Å². The Labute approximate surface area is 252 Å². The van der Waals surface area contributed by atoms with Crippen LogP contribution in [0, 0.1) is 11.8 Å². The summed E-state index contributed by atoms with van der Waals surface area (Å²) in [6.07, 6.45) is 2.36. The predicted octanol–water partition coefficient (Wildman–Crippen LogP) is 4.76. The minimum atomic E-state index is -1.21. The molecule has 0 bridgehead atoms. The van der Waals surface area contributed by atoms with Crippen LogP contribution in [-0.2, 0) is 25.5 Å². The van der Waals surface area contributed by atoms with E-state index in [1.807, 2.05) is 6.07 Å². The van der Waals surface area contributed by atoms with E-state index in [0.717, 1.165) is 10.5 Å². The number of benzene rings is 2. The topological polar surface area (TPSA) is 120 Å². The van der Waals surface area contributed by atoms with Gasteiger partial charge in [0.1, 0.15) is 11.8 Å². The van der Waals surface area contributed by atoms with Gasteiger partial charge in [-0.3, -0.25) is 19.3 Å². The van der Waals surface area contributed by atoms with Gasteiger partial charge in [0, 0.05) is 21.6 Å². The number of imide groups is 1. The van der Waals surface area contributed by atoms with Gasteiger partial charge in [0.05, 0.1) is 18.1 Å². The minimum Gasteiger partial charge on any atom is -0.457 e. The van der Waals surface area contributed by atoms with E-state index in [0.29, 0.717) is 12.8 Å². The van der Waals surface area contributed by atoms with Crippen molar-refractivity contribution in [3.8, 4) is 5.75 Å². The van der Waals surface area contributed by atoms with E-state index in [1.165, 1.54) is 36.6 Å². The highest BCUT2D eigenvalue weighted by Gasteiger charge is 2.55. The summed E-state index contributed by atoms with van der Waals surface area (Å²) in [4.78, 5) is 66.2. The van der Waals surface area contributed by atoms with Gasteiger partial charge in [0.2, 0.25) is 17.6 Å². The number of nitrogens with zero attached hydrogens (tertiary/aromatic N) is 1. The molecule has 5 unspecified atom stereocenters. The molecule has 2 fully saturated rings. The third-order valence-electron chi connectivity index (χ3n) is 7.26. The smallest absolute Gasteiger partial charge is 0.379 e. The van der Waals surface area contributed by atoms with Gasteiger partial charge in [-0.25, -0.2) is 9.59 Å². The van der Waals surface area contributed by atoms with Crippen LogP contribution >= 0.6 is 31.9 Å². The number of hydrogen-bond acceptors (Lipinski definition) is 8. The van der Waals surface area contributed by atoms with E-state index in [-0.39, 0.29) is 33.1 Å². The number of amides is 2. The van der Waals surface area contributed by atoms with Gasteiger partial charge < -0.3 is 13.9 Å². The minimum absolute atomic E-state index is 0.0256. The number of furan rings is 1. The molecule has 0 N–H and O–H groups in total. The third kappa shape index (κ3) is 6.36. The number of carbonyl (C=O) groups excluding carboxylic acids is 5. The van der Waals surface area contributed by atoms with Crippen LogP contribution in [0.1, 0.15) is 39.3 Å². The number of hydrogen-bond donors (Lipinski definition) is 0. The second kappa shape index (κ2) is 12.5. The zero-order chi connectivity index (χ0) is 29.1. The molecule has 2 aromatic carbocycles. The number of fused-ring (bicyclic) bond motifs is 1. The molecule has 3 aromatic rings. The summed E-state index contributed by atoms with van der Waals surface area (Å²) in [7, 11) is 0. The van der Waals surface area contributed by atoms with Crippen molar-refractivity contribution in [3.05, 3.63) is 89.9 Å². The standard InChI is InChI=1S/C30H25Br2NO8/c31-22-14-20-21(15-23(22)32)28(36)33(27(20)35)24(13-17-5-2-1-3-6-17)29(37)40-16-25(34)18-8-10-19(11-9-18)41-30(38)26-7-4-12-39-26/h1-12,20-24H,13-16H2. The van der Waals surface area contributed by atoms with Crippen LogP contribution in [0.25, 0.3) is 0 Å². The van der Waals surface area contributed by atoms with Gasteiger partial charge in [-0.05, 0) is 54.8 Å². The largest absolute Gasteiger partial charge is 0.457 e. The molecule has 1 saturated carbocycles. The monoisotopic (exact) mass is 685 g/mol. The van der Waals surface area contributed by atoms with Gasteiger partial charge in [-0.2, -0.15) is 0 Å². The highest BCUT2D eigenvalue weighted by atomic mass is 79.9. The summed E-state index contributed by atoms with van der Waals surface area (Å²) in [6.45, 7) is -0.592. The maximum absolute atomic E-state index is 13.4. The molecule has 5 rings (SSSR count). The van der Waals surface area contributed by atoms with Crippen molar-refractivity contribution < 1.29 is 37.9 Å². The van der Waals surface area contributed by atoms with E-state index in [1.54, 1.807) is 30.3 Å². The molecule has 2 amide bonds. The Morgan fingerprint density at radius 1 is 0.878 bits per heavy atom. The molecular formula is C30H25Br2NO8. The summed E-state index contributed by atoms with van der Waals surface area (Å²) >= 11 is 7.16. The maximum Gasteiger partial charge on any atom is 0.379 e. The maximum atomic E-state index is 13.4. The molecule has 9 nitrogen and oxygen atoms in total. The highest BCUT2D eigenvalue weighted by Crippen LogP contribution is 2.44. The van der Waals surface area contributed by atoms with Gasteiger partial charge >= 0.3 is 11.9 Å². The van der Waals surface area contributed by atoms with Crippen molar-refractivity contribution in [2.24, 2.45) is 11.8 Å². The number of carbonyl (C=O) groups is 5. The van der Waals surface area contributed by atoms with Crippen molar-refractivity contribution in [2.75, 3.05) is 6.61 Å². The molecule has 1 aliphatic carbocycles. The first-order chi connectivity index (χ1) is 19.7. The summed E-state index contributed by atoms with van der Waals surface area (Å²) < 4.78 is 15.6. The fraction of sp³-hybridized carbons (Fsp3) is 0.300. The Morgan fingerprint density at radius 2 is 1.51 bits per heavy atom. The molecule has 2 aliphatic rings. The van der Waals surface area contributed by atoms with Crippen LogP contribution in [0.2, 0.25) is 0 Å². The van der Waals surface area contributed by atoms with Crippen LogP contribution in [0.15, 0.2) is 77.4 Å². The molecule has 41 heavy (non-hydrogen) atoms. The Morgan fingerprint density at radius 3 is 2.10 bits per heavy atom. The lowest BCUT2D eigenvalue weighted by Crippen LogP contribution is -2.48. The molecule has 1 saturated heterocycles. The Balaban J connectivity index is 1.27. The average molecular weight is 687 g/mol. The quantitative estimate of drug-likeness (QED) is 0.104. The lowest BCUT2D eigenvalue weighted by molar-refractivity contribution is -0.158. The van der Waals surface area contributed by atoms with Crippen molar-refractivity contribution in [1.82, 2.24) is 4.90 Å². The second-order valence-corrected chi connectivity index (χ2v) is 12.2. The van der Waals surface area contributed by atoms with Crippen LogP contribution in [0.5, 0.6) is 5.75 Å². The first kappa shape index (κ1) is 28.9. The van der Waals surface area contributed by atoms with Crippen molar-refractivity contribution in [3.63, 3.8) is 0 Å². The molecular weight excluding hydrogens is 662 g/mol. The fourth-order valence-electron chi connectivity index (χ4n) is 5.12. The van der Waals surface area contributed by atoms with Crippen LogP contribution in [-0.4, -0.2) is 56.7 Å². The molecule has 0 radical (unpaired) electrons. The van der Waals surface area contributed by atoms with E-state index >= 15 is 0 Å². The molecule has 11 heteroatoms. The number of ether oxygens (including phenoxy) is 2. The van der Waals surface area contributed by atoms with Gasteiger partial charge in [0.25, 0.3) is 0 Å². The Hall–Kier alpha value is -3.57. The number of likely N-dealkylation sites (tertiary alicyclic amines) is 1. The lowest BCUT2D eigenvalue weighted by atomic mass is 9.81. The van der Waals surface area contributed by atoms with E-state index in [9.17, 15) is 24.0 Å². The zero-order valence-electron chi connectivity index (χ0n) is 21.6. The first-order valence-corrected chi connectivity index (χ1v) is 14.8. The SMILES string of the molecule is O=C(COC(=O)C(Cc1ccccc1)N1C(=O)C2CC(Br)C(Br)CC2C1=O)c1ccc(OC(=O)c2ccco2)cc1. The fourth-order valence-corrected chi connectivity index (χ4v) is 6.36. The number of ketones is 1. The molecule has 212 valence electrons. The highest BCUT2D eigenvalue weighted by molar-refractivity contribution is 9.12. The summed E-state index contributed by atoms with van der Waals surface area (Å²) in [5.41, 5.74) is 0.967. The predicted molar refractivity (Wildman–Crippen MR) is 153 cm³/mol. The third-order valence-corrected chi connectivity index (χ3v) is 9.99. The molecule has 5 atom stereocenters. The molecule has 1 aromatic heterocycles. The second-order valence-electron chi connectivity index (χ2n) is 9.89.